The van der Waals surface area contributed by atoms with Crippen LogP contribution in [0, 0.1) is 0 Å². The molecule has 0 atom stereocenters. The molecule has 100 valence electrons. The Balaban J connectivity index is 2.23. The molecule has 1 aromatic carbocycles. The first-order valence-electron chi connectivity index (χ1n) is 5.60. The van der Waals surface area contributed by atoms with Crippen molar-refractivity contribution in [2.24, 2.45) is 0 Å². The topological polar surface area (TPSA) is 72.9 Å². The second kappa shape index (κ2) is 5.75. The molecule has 0 aliphatic heterocycles. The van der Waals surface area contributed by atoms with E-state index in [2.05, 4.69) is 42.3 Å². The van der Waals surface area contributed by atoms with Crippen molar-refractivity contribution in [1.29, 1.82) is 0 Å². The maximum atomic E-state index is 12.1. The van der Waals surface area contributed by atoms with E-state index < -0.39 is 0 Å². The van der Waals surface area contributed by atoms with Gasteiger partial charge in [0.15, 0.2) is 5.69 Å². The van der Waals surface area contributed by atoms with Gasteiger partial charge in [0.05, 0.1) is 11.4 Å². The second-order valence-electron chi connectivity index (χ2n) is 3.87. The van der Waals surface area contributed by atoms with Crippen LogP contribution in [0.4, 0.5) is 11.4 Å². The Hall–Kier alpha value is -1.34. The van der Waals surface area contributed by atoms with Crippen LogP contribution in [-0.4, -0.2) is 15.7 Å². The highest BCUT2D eigenvalue weighted by atomic mass is 79.9. The van der Waals surface area contributed by atoms with E-state index in [-0.39, 0.29) is 11.6 Å². The van der Waals surface area contributed by atoms with Crippen LogP contribution < -0.4 is 11.1 Å². The fraction of sp³-hybridized carbons (Fsp3) is 0.167. The predicted octanol–water partition coefficient (Wildman–Crippen LogP) is 3.26. The van der Waals surface area contributed by atoms with Gasteiger partial charge in [-0.3, -0.25) is 9.48 Å². The van der Waals surface area contributed by atoms with Crippen LogP contribution in [0.3, 0.4) is 0 Å². The minimum atomic E-state index is -0.326. The van der Waals surface area contributed by atoms with E-state index in [1.165, 1.54) is 0 Å². The summed E-state index contributed by atoms with van der Waals surface area (Å²) in [6.45, 7) is 2.60. The molecule has 7 heteroatoms. The van der Waals surface area contributed by atoms with Gasteiger partial charge in [0.25, 0.3) is 5.91 Å². The minimum absolute atomic E-state index is 0.233. The van der Waals surface area contributed by atoms with Gasteiger partial charge in [0, 0.05) is 21.7 Å². The molecule has 0 aliphatic carbocycles. The molecule has 2 rings (SSSR count). The van der Waals surface area contributed by atoms with Crippen molar-refractivity contribution >= 4 is 49.1 Å². The number of aromatic nitrogens is 2. The Bertz CT molecular complexity index is 624. The van der Waals surface area contributed by atoms with Crippen molar-refractivity contribution in [1.82, 2.24) is 9.78 Å². The summed E-state index contributed by atoms with van der Waals surface area (Å²) in [5.74, 6) is -0.326. The molecule has 2 aromatic rings. The van der Waals surface area contributed by atoms with Crippen LogP contribution in [-0.2, 0) is 6.54 Å². The lowest BCUT2D eigenvalue weighted by Crippen LogP contribution is -2.15. The fourth-order valence-electron chi connectivity index (χ4n) is 1.55. The summed E-state index contributed by atoms with van der Waals surface area (Å²) in [5.41, 5.74) is 7.04. The molecule has 0 bridgehead atoms. The van der Waals surface area contributed by atoms with E-state index in [0.29, 0.717) is 17.9 Å². The zero-order chi connectivity index (χ0) is 14.0. The van der Waals surface area contributed by atoms with Crippen LogP contribution in [0.25, 0.3) is 0 Å². The number of nitrogens with two attached hydrogens (primary N) is 1. The maximum absolute atomic E-state index is 12.1. The number of hydrogen-bond donors (Lipinski definition) is 2. The molecular weight excluding hydrogens is 376 g/mol. The van der Waals surface area contributed by atoms with Crippen molar-refractivity contribution in [3.8, 4) is 0 Å². The number of hydrogen-bond acceptors (Lipinski definition) is 3. The number of nitrogens with zero attached hydrogens (tertiary/aromatic N) is 2. The maximum Gasteiger partial charge on any atom is 0.278 e. The molecule has 0 unspecified atom stereocenters. The number of amides is 1. The second-order valence-corrected chi connectivity index (χ2v) is 5.64. The summed E-state index contributed by atoms with van der Waals surface area (Å²) in [6.07, 6.45) is 1.64. The molecule has 3 N–H and O–H groups in total. The highest BCUT2D eigenvalue weighted by molar-refractivity contribution is 9.11. The average Bonchev–Trinajstić information content (AvgIpc) is 2.74. The van der Waals surface area contributed by atoms with E-state index in [1.807, 2.05) is 19.1 Å². The summed E-state index contributed by atoms with van der Waals surface area (Å²) in [7, 11) is 0. The number of nitrogen functional groups attached to an aromatic ring is 1. The van der Waals surface area contributed by atoms with Gasteiger partial charge < -0.3 is 11.1 Å². The number of anilines is 2. The summed E-state index contributed by atoms with van der Waals surface area (Å²) in [6, 6.07) is 5.48. The molecule has 0 saturated carbocycles. The molecule has 0 spiro atoms. The van der Waals surface area contributed by atoms with Crippen LogP contribution in [0.15, 0.2) is 33.3 Å². The van der Waals surface area contributed by atoms with Crippen molar-refractivity contribution in [3.05, 3.63) is 39.0 Å². The van der Waals surface area contributed by atoms with Crippen LogP contribution >= 0.6 is 31.9 Å². The third-order valence-corrected chi connectivity index (χ3v) is 3.66. The van der Waals surface area contributed by atoms with Crippen molar-refractivity contribution in [2.75, 3.05) is 11.1 Å². The Labute approximate surface area is 127 Å². The van der Waals surface area contributed by atoms with Gasteiger partial charge in [-0.25, -0.2) is 0 Å². The minimum Gasteiger partial charge on any atom is -0.396 e. The Kier molecular flexibility index (Phi) is 4.26. The largest absolute Gasteiger partial charge is 0.396 e. The van der Waals surface area contributed by atoms with Crippen molar-refractivity contribution in [3.63, 3.8) is 0 Å². The molecule has 5 nitrogen and oxygen atoms in total. The monoisotopic (exact) mass is 386 g/mol. The zero-order valence-electron chi connectivity index (χ0n) is 10.2. The molecule has 0 fully saturated rings. The highest BCUT2D eigenvalue weighted by Gasteiger charge is 2.15. The van der Waals surface area contributed by atoms with E-state index >= 15 is 0 Å². The quantitative estimate of drug-likeness (QED) is 0.848. The molecule has 1 heterocycles. The smallest absolute Gasteiger partial charge is 0.278 e. The first kappa shape index (κ1) is 14.1. The fourth-order valence-corrected chi connectivity index (χ4v) is 2.69. The van der Waals surface area contributed by atoms with Gasteiger partial charge in [-0.1, -0.05) is 15.9 Å². The SMILES string of the molecule is CCn1cc(N)c(C(=O)Nc2ccc(Br)cc2Br)n1. The summed E-state index contributed by atoms with van der Waals surface area (Å²) < 4.78 is 3.33. The predicted molar refractivity (Wildman–Crippen MR) is 82.1 cm³/mol. The van der Waals surface area contributed by atoms with Gasteiger partial charge in [-0.05, 0) is 41.1 Å². The van der Waals surface area contributed by atoms with E-state index in [1.54, 1.807) is 16.9 Å². The number of carbonyl (C=O) groups excluding carboxylic acids is 1. The van der Waals surface area contributed by atoms with Crippen LogP contribution in [0.2, 0.25) is 0 Å². The lowest BCUT2D eigenvalue weighted by Gasteiger charge is -2.06. The lowest BCUT2D eigenvalue weighted by molar-refractivity contribution is 0.102. The summed E-state index contributed by atoms with van der Waals surface area (Å²) >= 11 is 6.74. The third-order valence-electron chi connectivity index (χ3n) is 2.51. The van der Waals surface area contributed by atoms with Crippen LogP contribution in [0.1, 0.15) is 17.4 Å². The third kappa shape index (κ3) is 3.16. The lowest BCUT2D eigenvalue weighted by atomic mass is 10.3. The Morgan fingerprint density at radius 2 is 2.21 bits per heavy atom. The molecule has 0 radical (unpaired) electrons. The molecular formula is C12H12Br2N4O. The number of nitrogens with one attached hydrogen (secondary N) is 1. The molecule has 19 heavy (non-hydrogen) atoms. The number of carbonyl (C=O) groups is 1. The van der Waals surface area contributed by atoms with Crippen LogP contribution in [0.5, 0.6) is 0 Å². The number of benzene rings is 1. The molecule has 1 amide bonds. The van der Waals surface area contributed by atoms with Gasteiger partial charge in [-0.2, -0.15) is 5.10 Å². The summed E-state index contributed by atoms with van der Waals surface area (Å²) in [5, 5.41) is 6.90. The normalized spacial score (nSPS) is 10.5. The first-order chi connectivity index (χ1) is 9.01. The molecule has 0 aliphatic rings. The van der Waals surface area contributed by atoms with Crippen molar-refractivity contribution < 1.29 is 4.79 Å². The van der Waals surface area contributed by atoms with Crippen molar-refractivity contribution in [2.45, 2.75) is 13.5 Å². The number of aryl methyl sites for hydroxylation is 1. The van der Waals surface area contributed by atoms with E-state index in [9.17, 15) is 4.79 Å². The number of halogens is 2. The van der Waals surface area contributed by atoms with Gasteiger partial charge >= 0.3 is 0 Å². The molecule has 0 saturated heterocycles. The first-order valence-corrected chi connectivity index (χ1v) is 7.19. The van der Waals surface area contributed by atoms with Gasteiger partial charge in [0.2, 0.25) is 0 Å². The highest BCUT2D eigenvalue weighted by Crippen LogP contribution is 2.26. The zero-order valence-corrected chi connectivity index (χ0v) is 13.3. The summed E-state index contributed by atoms with van der Waals surface area (Å²) in [4.78, 5) is 12.1. The Morgan fingerprint density at radius 3 is 2.79 bits per heavy atom. The Morgan fingerprint density at radius 1 is 1.47 bits per heavy atom. The van der Waals surface area contributed by atoms with E-state index in [0.717, 1.165) is 8.95 Å². The molecule has 1 aromatic heterocycles. The number of rotatable bonds is 3. The average molecular weight is 388 g/mol. The standard InChI is InChI=1S/C12H12Br2N4O/c1-2-18-6-9(15)11(17-18)12(19)16-10-4-3-7(13)5-8(10)14/h3-6H,2,15H2,1H3,(H,16,19). The van der Waals surface area contributed by atoms with Gasteiger partial charge in [-0.15, -0.1) is 0 Å². The van der Waals surface area contributed by atoms with Gasteiger partial charge in [0.1, 0.15) is 0 Å². The van der Waals surface area contributed by atoms with E-state index in [4.69, 9.17) is 5.73 Å².